The number of aromatic hydroxyl groups is 1. The highest BCUT2D eigenvalue weighted by Crippen LogP contribution is 2.33. The quantitative estimate of drug-likeness (QED) is 0.0982. The number of phenolic OH excluding ortho intramolecular Hbond substituents is 1. The first-order chi connectivity index (χ1) is 18.1. The van der Waals surface area contributed by atoms with Crippen molar-refractivity contribution in [1.29, 1.82) is 5.41 Å². The first-order valence-electron chi connectivity index (χ1n) is 12.0. The zero-order valence-electron chi connectivity index (χ0n) is 20.6. The molecule has 0 fully saturated rings. The average molecular weight is 498 g/mol. The molecule has 0 aromatic heterocycles. The average Bonchev–Trinajstić information content (AvgIpc) is 2.93. The Morgan fingerprint density at radius 1 is 0.892 bits per heavy atom. The number of aliphatic hydroxyl groups excluding tert-OH is 1. The van der Waals surface area contributed by atoms with Crippen LogP contribution in [-0.4, -0.2) is 36.8 Å². The van der Waals surface area contributed by atoms with Crippen molar-refractivity contribution in [3.63, 3.8) is 0 Å². The smallest absolute Gasteiger partial charge is 0.174 e. The van der Waals surface area contributed by atoms with Gasteiger partial charge < -0.3 is 30.3 Å². The lowest BCUT2D eigenvalue weighted by Crippen LogP contribution is -2.23. The van der Waals surface area contributed by atoms with Crippen molar-refractivity contribution in [2.24, 2.45) is 0 Å². The summed E-state index contributed by atoms with van der Waals surface area (Å²) in [7, 11) is 1.68. The summed E-state index contributed by atoms with van der Waals surface area (Å²) < 4.78 is 10.5. The summed E-state index contributed by atoms with van der Waals surface area (Å²) in [5.74, 6) is 0.899. The maximum atomic E-state index is 10.4. The van der Waals surface area contributed by atoms with Gasteiger partial charge in [0.05, 0.1) is 13.2 Å². The molecule has 0 amide bonds. The molecule has 1 atom stereocenters. The van der Waals surface area contributed by atoms with Gasteiger partial charge in [-0.05, 0) is 72.1 Å². The Hall–Kier alpha value is -4.33. The summed E-state index contributed by atoms with van der Waals surface area (Å²) in [5.41, 5.74) is 5.88. The number of methoxy groups -OCH3 is 1. The van der Waals surface area contributed by atoms with Crippen molar-refractivity contribution in [2.45, 2.75) is 12.5 Å². The molecule has 0 bridgehead atoms. The monoisotopic (exact) mass is 497 g/mol. The molecule has 0 saturated carbocycles. The minimum Gasteiger partial charge on any atom is -0.504 e. The van der Waals surface area contributed by atoms with Crippen LogP contribution in [0.4, 0.5) is 11.4 Å². The highest BCUT2D eigenvalue weighted by molar-refractivity contribution is 5.76. The molecular weight excluding hydrogens is 466 g/mol. The maximum absolute atomic E-state index is 10.4. The van der Waals surface area contributed by atoms with Crippen molar-refractivity contribution < 1.29 is 19.7 Å². The van der Waals surface area contributed by atoms with Crippen LogP contribution in [0, 0.1) is 5.41 Å². The predicted molar refractivity (Wildman–Crippen MR) is 147 cm³/mol. The van der Waals surface area contributed by atoms with E-state index in [0.717, 1.165) is 41.1 Å². The van der Waals surface area contributed by atoms with Crippen molar-refractivity contribution in [3.05, 3.63) is 102 Å². The van der Waals surface area contributed by atoms with Gasteiger partial charge in [0.2, 0.25) is 0 Å². The minimum absolute atomic E-state index is 0.0750. The van der Waals surface area contributed by atoms with Crippen molar-refractivity contribution in [3.8, 4) is 28.4 Å². The first kappa shape index (κ1) is 25.8. The van der Waals surface area contributed by atoms with Crippen LogP contribution >= 0.6 is 0 Å². The van der Waals surface area contributed by atoms with Crippen LogP contribution in [0.3, 0.4) is 0 Å². The summed E-state index contributed by atoms with van der Waals surface area (Å²) >= 11 is 0. The number of rotatable bonds is 12. The number of aliphatic hydroxyl groups is 1. The van der Waals surface area contributed by atoms with Crippen LogP contribution in [0.5, 0.6) is 17.2 Å². The minimum atomic E-state index is -0.759. The first-order valence-corrected chi connectivity index (χ1v) is 12.0. The van der Waals surface area contributed by atoms with E-state index in [2.05, 4.69) is 53.1 Å². The van der Waals surface area contributed by atoms with Crippen LogP contribution in [0.15, 0.2) is 91.0 Å². The van der Waals surface area contributed by atoms with Crippen LogP contribution in [0.1, 0.15) is 17.2 Å². The fraction of sp³-hybridized carbons (Fsp3) is 0.167. The summed E-state index contributed by atoms with van der Waals surface area (Å²) in [6.07, 6.45) is 0.791. The third-order valence-corrected chi connectivity index (χ3v) is 6.01. The predicted octanol–water partition coefficient (Wildman–Crippen LogP) is 5.66. The normalized spacial score (nSPS) is 11.5. The van der Waals surface area contributed by atoms with Crippen LogP contribution in [0.25, 0.3) is 11.1 Å². The highest BCUT2D eigenvalue weighted by Gasteiger charge is 2.11. The second-order valence-electron chi connectivity index (χ2n) is 8.54. The van der Waals surface area contributed by atoms with E-state index in [1.54, 1.807) is 13.2 Å². The lowest BCUT2D eigenvalue weighted by Gasteiger charge is -2.14. The molecule has 7 heteroatoms. The van der Waals surface area contributed by atoms with Crippen LogP contribution in [0.2, 0.25) is 0 Å². The molecule has 7 nitrogen and oxygen atoms in total. The fourth-order valence-corrected chi connectivity index (χ4v) is 4.04. The molecule has 0 heterocycles. The third kappa shape index (κ3) is 6.88. The molecule has 4 aromatic rings. The molecule has 0 saturated heterocycles. The standard InChI is InChI=1S/C30H31N3O4/c1-36-29-14-12-25(18-26(29)22-5-3-2-4-6-22)33-24-10-7-21(8-11-24)15-16-32-19-28(35)23-9-13-27(34)30(17-23)37-20-31/h2-14,17-18,20,28,31-35H,15-16,19H2,1H3/t28-/m0/s1. The number of hydrogen-bond donors (Lipinski definition) is 5. The van der Waals surface area contributed by atoms with Gasteiger partial charge in [0.25, 0.3) is 0 Å². The van der Waals surface area contributed by atoms with Crippen molar-refractivity contribution in [1.82, 2.24) is 5.32 Å². The van der Waals surface area contributed by atoms with E-state index in [-0.39, 0.29) is 11.5 Å². The molecule has 190 valence electrons. The molecule has 0 aliphatic carbocycles. The van der Waals surface area contributed by atoms with Gasteiger partial charge in [-0.25, -0.2) is 0 Å². The Kier molecular flexibility index (Phi) is 8.75. The largest absolute Gasteiger partial charge is 0.504 e. The van der Waals surface area contributed by atoms with E-state index in [0.29, 0.717) is 18.7 Å². The Morgan fingerprint density at radius 2 is 1.65 bits per heavy atom. The van der Waals surface area contributed by atoms with Gasteiger partial charge in [0.1, 0.15) is 5.75 Å². The van der Waals surface area contributed by atoms with E-state index in [9.17, 15) is 10.2 Å². The van der Waals surface area contributed by atoms with E-state index in [4.69, 9.17) is 14.9 Å². The molecule has 0 aliphatic heterocycles. The second-order valence-corrected chi connectivity index (χ2v) is 8.54. The summed E-state index contributed by atoms with van der Waals surface area (Å²) in [6, 6.07) is 29.1. The molecule has 0 unspecified atom stereocenters. The molecule has 4 aromatic carbocycles. The van der Waals surface area contributed by atoms with Crippen LogP contribution < -0.4 is 20.1 Å². The van der Waals surface area contributed by atoms with Crippen molar-refractivity contribution >= 4 is 17.8 Å². The highest BCUT2D eigenvalue weighted by atomic mass is 16.5. The van der Waals surface area contributed by atoms with Crippen LogP contribution in [-0.2, 0) is 6.42 Å². The zero-order chi connectivity index (χ0) is 26.0. The lowest BCUT2D eigenvalue weighted by atomic mass is 10.0. The Morgan fingerprint density at radius 3 is 2.38 bits per heavy atom. The summed E-state index contributed by atoms with van der Waals surface area (Å²) in [5, 5.41) is 33.9. The lowest BCUT2D eigenvalue weighted by molar-refractivity contribution is 0.175. The van der Waals surface area contributed by atoms with E-state index >= 15 is 0 Å². The van der Waals surface area contributed by atoms with Gasteiger partial charge in [0, 0.05) is 23.5 Å². The summed E-state index contributed by atoms with van der Waals surface area (Å²) in [6.45, 7) is 1.06. The Bertz CT molecular complexity index is 1310. The molecule has 0 radical (unpaired) electrons. The molecule has 0 aliphatic rings. The molecule has 4 rings (SSSR count). The number of benzene rings is 4. The fourth-order valence-electron chi connectivity index (χ4n) is 4.04. The SMILES string of the molecule is COc1ccc(Nc2ccc(CCNC[C@H](O)c3ccc(O)c(OC=N)c3)cc2)cc1-c1ccccc1. The van der Waals surface area contributed by atoms with E-state index < -0.39 is 6.10 Å². The van der Waals surface area contributed by atoms with Gasteiger partial charge in [-0.3, -0.25) is 5.41 Å². The van der Waals surface area contributed by atoms with Gasteiger partial charge in [0.15, 0.2) is 17.9 Å². The van der Waals surface area contributed by atoms with E-state index in [1.807, 2.05) is 30.3 Å². The van der Waals surface area contributed by atoms with Crippen molar-refractivity contribution in [2.75, 3.05) is 25.5 Å². The molecular formula is C30H31N3O4. The van der Waals surface area contributed by atoms with Gasteiger partial charge in [-0.15, -0.1) is 0 Å². The number of anilines is 2. The number of hydrogen-bond acceptors (Lipinski definition) is 7. The number of ether oxygens (including phenoxy) is 2. The Balaban J connectivity index is 1.29. The molecule has 37 heavy (non-hydrogen) atoms. The van der Waals surface area contributed by atoms with Gasteiger partial charge >= 0.3 is 0 Å². The van der Waals surface area contributed by atoms with Gasteiger partial charge in [-0.2, -0.15) is 0 Å². The third-order valence-electron chi connectivity index (χ3n) is 6.01. The number of nitrogens with one attached hydrogen (secondary N) is 3. The number of phenols is 1. The topological polar surface area (TPSA) is 107 Å². The van der Waals surface area contributed by atoms with E-state index in [1.165, 1.54) is 17.7 Å². The Labute approximate surface area is 216 Å². The van der Waals surface area contributed by atoms with Gasteiger partial charge in [-0.1, -0.05) is 48.5 Å². The maximum Gasteiger partial charge on any atom is 0.174 e. The molecule has 5 N–H and O–H groups in total. The zero-order valence-corrected chi connectivity index (χ0v) is 20.6. The molecule has 0 spiro atoms. The second kappa shape index (κ2) is 12.6. The summed E-state index contributed by atoms with van der Waals surface area (Å²) in [4.78, 5) is 0.